The smallest absolute Gasteiger partial charge is 0.255 e. The molecule has 1 N–H and O–H groups in total. The maximum atomic E-state index is 12.3. The molecule has 2 aromatic rings. The van der Waals surface area contributed by atoms with E-state index in [0.29, 0.717) is 55.1 Å². The fraction of sp³-hybridized carbons (Fsp3) is 0.316. The zero-order valence-corrected chi connectivity index (χ0v) is 14.9. The highest BCUT2D eigenvalue weighted by Gasteiger charge is 2.11. The van der Waals surface area contributed by atoms with Crippen molar-refractivity contribution in [2.24, 2.45) is 0 Å². The molecule has 0 aliphatic rings. The predicted octanol–water partition coefficient (Wildman–Crippen LogP) is 3.56. The third kappa shape index (κ3) is 6.64. The summed E-state index contributed by atoms with van der Waals surface area (Å²) in [5.41, 5.74) is 0.491. The molecule has 0 unspecified atom stereocenters. The topological polar surface area (TPSA) is 56.8 Å². The summed E-state index contributed by atoms with van der Waals surface area (Å²) >= 11 is 5.82. The number of carbonyl (C=O) groups is 1. The Kier molecular flexibility index (Phi) is 8.09. The summed E-state index contributed by atoms with van der Waals surface area (Å²) in [6.45, 7) is 4.20. The van der Waals surface area contributed by atoms with Crippen LogP contribution in [0.4, 0.5) is 0 Å². The second-order valence-electron chi connectivity index (χ2n) is 5.10. The van der Waals surface area contributed by atoms with E-state index in [0.717, 1.165) is 0 Å². The van der Waals surface area contributed by atoms with E-state index in [1.165, 1.54) is 0 Å². The number of ether oxygens (including phenoxy) is 3. The fourth-order valence-electron chi connectivity index (χ4n) is 2.09. The summed E-state index contributed by atoms with van der Waals surface area (Å²) in [7, 11) is 0. The van der Waals surface area contributed by atoms with Crippen LogP contribution in [-0.2, 0) is 4.74 Å². The van der Waals surface area contributed by atoms with Gasteiger partial charge in [0.25, 0.3) is 5.91 Å². The molecule has 2 rings (SSSR count). The number of para-hydroxylation sites is 1. The molecule has 0 aromatic heterocycles. The Morgan fingerprint density at radius 3 is 2.52 bits per heavy atom. The molecule has 1 amide bonds. The van der Waals surface area contributed by atoms with E-state index in [4.69, 9.17) is 25.8 Å². The Bertz CT molecular complexity index is 661. The number of benzene rings is 2. The van der Waals surface area contributed by atoms with Crippen molar-refractivity contribution in [3.8, 4) is 11.5 Å². The van der Waals surface area contributed by atoms with E-state index in [9.17, 15) is 4.79 Å². The summed E-state index contributed by atoms with van der Waals surface area (Å²) in [5.74, 6) is 1.04. The van der Waals surface area contributed by atoms with Crippen LogP contribution in [0.5, 0.6) is 11.5 Å². The highest BCUT2D eigenvalue weighted by atomic mass is 35.5. The summed E-state index contributed by atoms with van der Waals surface area (Å²) in [6.07, 6.45) is 0. The number of halogens is 1. The van der Waals surface area contributed by atoms with Crippen LogP contribution in [0.3, 0.4) is 0 Å². The van der Waals surface area contributed by atoms with Gasteiger partial charge in [-0.05, 0) is 43.3 Å². The Hall–Kier alpha value is -2.24. The minimum Gasteiger partial charge on any atom is -0.492 e. The number of carbonyl (C=O) groups excluding carboxylic acids is 1. The molecule has 134 valence electrons. The quantitative estimate of drug-likeness (QED) is 0.656. The third-order valence-electron chi connectivity index (χ3n) is 3.29. The minimum absolute atomic E-state index is 0.202. The first-order chi connectivity index (χ1) is 12.2. The van der Waals surface area contributed by atoms with Crippen LogP contribution in [-0.4, -0.2) is 38.9 Å². The fourth-order valence-corrected chi connectivity index (χ4v) is 2.22. The van der Waals surface area contributed by atoms with Crippen LogP contribution < -0.4 is 14.8 Å². The van der Waals surface area contributed by atoms with Gasteiger partial charge in [0, 0.05) is 11.6 Å². The first-order valence-corrected chi connectivity index (χ1v) is 8.54. The van der Waals surface area contributed by atoms with Gasteiger partial charge < -0.3 is 19.5 Å². The summed E-state index contributed by atoms with van der Waals surface area (Å²) in [5, 5.41) is 3.48. The second-order valence-corrected chi connectivity index (χ2v) is 5.54. The molecule has 0 heterocycles. The molecule has 25 heavy (non-hydrogen) atoms. The lowest BCUT2D eigenvalue weighted by Crippen LogP contribution is -2.28. The van der Waals surface area contributed by atoms with Gasteiger partial charge in [-0.2, -0.15) is 0 Å². The number of nitrogens with one attached hydrogen (secondary N) is 1. The molecule has 2 aromatic carbocycles. The lowest BCUT2D eigenvalue weighted by atomic mass is 10.2. The molecule has 0 saturated carbocycles. The van der Waals surface area contributed by atoms with Crippen LogP contribution in [0.1, 0.15) is 17.3 Å². The molecule has 0 aliphatic carbocycles. The Balaban J connectivity index is 1.79. The summed E-state index contributed by atoms with van der Waals surface area (Å²) < 4.78 is 16.4. The molecule has 0 radical (unpaired) electrons. The van der Waals surface area contributed by atoms with Gasteiger partial charge in [0.15, 0.2) is 0 Å². The van der Waals surface area contributed by atoms with Gasteiger partial charge >= 0.3 is 0 Å². The SMILES string of the molecule is CCOCCOc1ccccc1C(=O)NCCOc1ccc(Cl)cc1. The van der Waals surface area contributed by atoms with Gasteiger partial charge in [-0.15, -0.1) is 0 Å². The molecular weight excluding hydrogens is 342 g/mol. The van der Waals surface area contributed by atoms with Crippen LogP contribution in [0.2, 0.25) is 5.02 Å². The first kappa shape index (κ1) is 19.1. The number of hydrogen-bond donors (Lipinski definition) is 1. The number of hydrogen-bond acceptors (Lipinski definition) is 4. The van der Waals surface area contributed by atoms with Gasteiger partial charge in [-0.1, -0.05) is 23.7 Å². The largest absolute Gasteiger partial charge is 0.492 e. The lowest BCUT2D eigenvalue weighted by Gasteiger charge is -2.12. The molecule has 0 fully saturated rings. The van der Waals surface area contributed by atoms with Crippen LogP contribution >= 0.6 is 11.6 Å². The highest BCUT2D eigenvalue weighted by Crippen LogP contribution is 2.18. The first-order valence-electron chi connectivity index (χ1n) is 8.17. The van der Waals surface area contributed by atoms with E-state index in [-0.39, 0.29) is 5.91 Å². The van der Waals surface area contributed by atoms with Gasteiger partial charge in [0.1, 0.15) is 24.7 Å². The van der Waals surface area contributed by atoms with Crippen LogP contribution in [0.25, 0.3) is 0 Å². The zero-order valence-electron chi connectivity index (χ0n) is 14.2. The molecule has 5 nitrogen and oxygen atoms in total. The molecule has 0 atom stereocenters. The molecule has 6 heteroatoms. The Morgan fingerprint density at radius 1 is 1.00 bits per heavy atom. The second kappa shape index (κ2) is 10.6. The summed E-state index contributed by atoms with van der Waals surface area (Å²) in [6, 6.07) is 14.2. The van der Waals surface area contributed by atoms with Crippen molar-refractivity contribution in [3.05, 3.63) is 59.1 Å². The summed E-state index contributed by atoms with van der Waals surface area (Å²) in [4.78, 5) is 12.3. The molecular formula is C19H22ClNO4. The van der Waals surface area contributed by atoms with Gasteiger partial charge in [0.2, 0.25) is 0 Å². The predicted molar refractivity (Wildman–Crippen MR) is 97.7 cm³/mol. The molecule has 0 aliphatic heterocycles. The van der Waals surface area contributed by atoms with Crippen molar-refractivity contribution in [3.63, 3.8) is 0 Å². The number of amides is 1. The molecule has 0 spiro atoms. The van der Waals surface area contributed by atoms with E-state index in [2.05, 4.69) is 5.32 Å². The van der Waals surface area contributed by atoms with Crippen molar-refractivity contribution >= 4 is 17.5 Å². The van der Waals surface area contributed by atoms with Crippen molar-refractivity contribution in [1.29, 1.82) is 0 Å². The molecule has 0 bridgehead atoms. The van der Waals surface area contributed by atoms with Gasteiger partial charge in [-0.25, -0.2) is 0 Å². The normalized spacial score (nSPS) is 10.3. The number of rotatable bonds is 10. The maximum absolute atomic E-state index is 12.3. The lowest BCUT2D eigenvalue weighted by molar-refractivity contribution is 0.0930. The van der Waals surface area contributed by atoms with E-state index >= 15 is 0 Å². The van der Waals surface area contributed by atoms with Crippen molar-refractivity contribution in [1.82, 2.24) is 5.32 Å². The Morgan fingerprint density at radius 2 is 1.76 bits per heavy atom. The standard InChI is InChI=1S/C19H22ClNO4/c1-2-23-13-14-25-18-6-4-3-5-17(18)19(22)21-11-12-24-16-9-7-15(20)8-10-16/h3-10H,2,11-14H2,1H3,(H,21,22). The average Bonchev–Trinajstić information content (AvgIpc) is 2.64. The van der Waals surface area contributed by atoms with Crippen molar-refractivity contribution < 1.29 is 19.0 Å². The Labute approximate surface area is 152 Å². The van der Waals surface area contributed by atoms with E-state index < -0.39 is 0 Å². The van der Waals surface area contributed by atoms with Gasteiger partial charge in [-0.3, -0.25) is 4.79 Å². The zero-order chi connectivity index (χ0) is 17.9. The van der Waals surface area contributed by atoms with E-state index in [1.807, 2.05) is 13.0 Å². The van der Waals surface area contributed by atoms with Crippen molar-refractivity contribution in [2.75, 3.05) is 33.0 Å². The van der Waals surface area contributed by atoms with Crippen LogP contribution in [0, 0.1) is 0 Å². The highest BCUT2D eigenvalue weighted by molar-refractivity contribution is 6.30. The minimum atomic E-state index is -0.202. The monoisotopic (exact) mass is 363 g/mol. The average molecular weight is 364 g/mol. The van der Waals surface area contributed by atoms with Crippen LogP contribution in [0.15, 0.2) is 48.5 Å². The van der Waals surface area contributed by atoms with Crippen molar-refractivity contribution in [2.45, 2.75) is 6.92 Å². The maximum Gasteiger partial charge on any atom is 0.255 e. The van der Waals surface area contributed by atoms with Gasteiger partial charge in [0.05, 0.1) is 18.7 Å². The molecule has 0 saturated heterocycles. The van der Waals surface area contributed by atoms with E-state index in [1.54, 1.807) is 42.5 Å². The third-order valence-corrected chi connectivity index (χ3v) is 3.54.